The third-order valence-electron chi connectivity index (χ3n) is 2.51. The number of aromatic nitrogens is 2. The second kappa shape index (κ2) is 6.44. The van der Waals surface area contributed by atoms with E-state index in [1.165, 1.54) is 0 Å². The van der Waals surface area contributed by atoms with Crippen LogP contribution in [0.1, 0.15) is 5.56 Å². The van der Waals surface area contributed by atoms with Crippen molar-refractivity contribution in [1.29, 1.82) is 0 Å². The maximum atomic E-state index is 11.5. The molecule has 0 saturated carbocycles. The van der Waals surface area contributed by atoms with E-state index < -0.39 is 0 Å². The minimum absolute atomic E-state index is 0.154. The third kappa shape index (κ3) is 3.93. The SMILES string of the molecule is O=C(NCCn1ccnc1)NCc1ccccc1. The molecule has 1 aromatic heterocycles. The summed E-state index contributed by atoms with van der Waals surface area (Å²) in [5.74, 6) is 0. The molecule has 1 heterocycles. The van der Waals surface area contributed by atoms with E-state index >= 15 is 0 Å². The summed E-state index contributed by atoms with van der Waals surface area (Å²) in [5.41, 5.74) is 1.09. The van der Waals surface area contributed by atoms with Crippen molar-refractivity contribution in [3.8, 4) is 0 Å². The van der Waals surface area contributed by atoms with Crippen molar-refractivity contribution >= 4 is 6.03 Å². The molecule has 0 bridgehead atoms. The largest absolute Gasteiger partial charge is 0.336 e. The summed E-state index contributed by atoms with van der Waals surface area (Å²) < 4.78 is 1.91. The van der Waals surface area contributed by atoms with Crippen LogP contribution in [0.5, 0.6) is 0 Å². The highest BCUT2D eigenvalue weighted by Gasteiger charge is 1.99. The predicted molar refractivity (Wildman–Crippen MR) is 68.9 cm³/mol. The molecule has 5 nitrogen and oxygen atoms in total. The first-order valence-corrected chi connectivity index (χ1v) is 5.86. The highest BCUT2D eigenvalue weighted by Crippen LogP contribution is 1.96. The number of imidazole rings is 1. The van der Waals surface area contributed by atoms with Crippen LogP contribution in [0.25, 0.3) is 0 Å². The van der Waals surface area contributed by atoms with Gasteiger partial charge in [0.25, 0.3) is 0 Å². The molecule has 0 unspecified atom stereocenters. The lowest BCUT2D eigenvalue weighted by Crippen LogP contribution is -2.36. The Morgan fingerprint density at radius 2 is 2.06 bits per heavy atom. The predicted octanol–water partition coefficient (Wildman–Crippen LogP) is 1.38. The topological polar surface area (TPSA) is 59.0 Å². The number of hydrogen-bond donors (Lipinski definition) is 2. The number of nitrogens with zero attached hydrogens (tertiary/aromatic N) is 2. The van der Waals surface area contributed by atoms with Crippen molar-refractivity contribution in [3.05, 3.63) is 54.6 Å². The maximum Gasteiger partial charge on any atom is 0.315 e. The summed E-state index contributed by atoms with van der Waals surface area (Å²) in [7, 11) is 0. The molecule has 1 aromatic carbocycles. The molecule has 0 aliphatic heterocycles. The van der Waals surface area contributed by atoms with Gasteiger partial charge in [-0.15, -0.1) is 0 Å². The van der Waals surface area contributed by atoms with Crippen molar-refractivity contribution in [2.45, 2.75) is 13.1 Å². The summed E-state index contributed by atoms with van der Waals surface area (Å²) in [4.78, 5) is 15.4. The first-order valence-electron chi connectivity index (χ1n) is 5.86. The average Bonchev–Trinajstić information content (AvgIpc) is 2.91. The number of carbonyl (C=O) groups excluding carboxylic acids is 1. The van der Waals surface area contributed by atoms with Crippen molar-refractivity contribution < 1.29 is 4.79 Å². The molecule has 18 heavy (non-hydrogen) atoms. The van der Waals surface area contributed by atoms with E-state index in [0.717, 1.165) is 12.1 Å². The fourth-order valence-electron chi connectivity index (χ4n) is 1.56. The molecule has 2 aromatic rings. The van der Waals surface area contributed by atoms with Gasteiger partial charge in [0.05, 0.1) is 6.33 Å². The summed E-state index contributed by atoms with van der Waals surface area (Å²) in [5, 5.41) is 5.60. The molecule has 0 aliphatic rings. The monoisotopic (exact) mass is 244 g/mol. The van der Waals surface area contributed by atoms with E-state index in [1.54, 1.807) is 12.5 Å². The molecule has 0 fully saturated rings. The van der Waals surface area contributed by atoms with Crippen molar-refractivity contribution in [1.82, 2.24) is 20.2 Å². The average molecular weight is 244 g/mol. The number of rotatable bonds is 5. The molecule has 0 saturated heterocycles. The molecule has 0 radical (unpaired) electrons. The van der Waals surface area contributed by atoms with Gasteiger partial charge in [-0.25, -0.2) is 9.78 Å². The lowest BCUT2D eigenvalue weighted by atomic mass is 10.2. The van der Waals surface area contributed by atoms with Crippen LogP contribution < -0.4 is 10.6 Å². The standard InChI is InChI=1S/C13H16N4O/c18-13(15-7-9-17-8-6-14-11-17)16-10-12-4-2-1-3-5-12/h1-6,8,11H,7,9-10H2,(H2,15,16,18). The summed E-state index contributed by atoms with van der Waals surface area (Å²) in [6.07, 6.45) is 5.31. The van der Waals surface area contributed by atoms with Crippen LogP contribution >= 0.6 is 0 Å². The quantitative estimate of drug-likeness (QED) is 0.834. The van der Waals surface area contributed by atoms with Crippen LogP contribution in [0.2, 0.25) is 0 Å². The number of nitrogens with one attached hydrogen (secondary N) is 2. The Bertz CT molecular complexity index is 467. The fourth-order valence-corrected chi connectivity index (χ4v) is 1.56. The van der Waals surface area contributed by atoms with Gasteiger partial charge in [0.15, 0.2) is 0 Å². The molecule has 0 spiro atoms. The van der Waals surface area contributed by atoms with Gasteiger partial charge in [0.1, 0.15) is 0 Å². The zero-order valence-electron chi connectivity index (χ0n) is 10.0. The van der Waals surface area contributed by atoms with Crippen LogP contribution in [0, 0.1) is 0 Å². The molecule has 5 heteroatoms. The maximum absolute atomic E-state index is 11.5. The number of hydrogen-bond acceptors (Lipinski definition) is 2. The molecular formula is C13H16N4O. The second-order valence-corrected chi connectivity index (χ2v) is 3.90. The van der Waals surface area contributed by atoms with Gasteiger partial charge in [-0.1, -0.05) is 30.3 Å². The van der Waals surface area contributed by atoms with Gasteiger partial charge in [-0.3, -0.25) is 0 Å². The van der Waals surface area contributed by atoms with Crippen LogP contribution in [0.3, 0.4) is 0 Å². The summed E-state index contributed by atoms with van der Waals surface area (Å²) in [6.45, 7) is 1.84. The van der Waals surface area contributed by atoms with Crippen molar-refractivity contribution in [2.75, 3.05) is 6.54 Å². The zero-order chi connectivity index (χ0) is 12.6. The first-order chi connectivity index (χ1) is 8.84. The molecule has 0 atom stereocenters. The fraction of sp³-hybridized carbons (Fsp3) is 0.231. The molecule has 2 amide bonds. The Morgan fingerprint density at radius 3 is 2.78 bits per heavy atom. The lowest BCUT2D eigenvalue weighted by molar-refractivity contribution is 0.240. The zero-order valence-corrected chi connectivity index (χ0v) is 10.0. The van der Waals surface area contributed by atoms with Gasteiger partial charge in [0, 0.05) is 32.0 Å². The molecule has 0 aliphatic carbocycles. The lowest BCUT2D eigenvalue weighted by Gasteiger charge is -2.07. The third-order valence-corrected chi connectivity index (χ3v) is 2.51. The second-order valence-electron chi connectivity index (χ2n) is 3.90. The molecule has 2 N–H and O–H groups in total. The Balaban J connectivity index is 1.63. The van der Waals surface area contributed by atoms with Gasteiger partial charge in [-0.05, 0) is 5.56 Å². The minimum Gasteiger partial charge on any atom is -0.336 e. The van der Waals surface area contributed by atoms with Crippen LogP contribution in [-0.2, 0) is 13.1 Å². The van der Waals surface area contributed by atoms with Gasteiger partial charge >= 0.3 is 6.03 Å². The summed E-state index contributed by atoms with van der Waals surface area (Å²) in [6, 6.07) is 9.66. The molecule has 94 valence electrons. The van der Waals surface area contributed by atoms with E-state index in [2.05, 4.69) is 15.6 Å². The molecule has 2 rings (SSSR count). The van der Waals surface area contributed by atoms with E-state index in [9.17, 15) is 4.79 Å². The normalized spacial score (nSPS) is 10.0. The molecular weight excluding hydrogens is 228 g/mol. The summed E-state index contributed by atoms with van der Waals surface area (Å²) >= 11 is 0. The number of benzene rings is 1. The van der Waals surface area contributed by atoms with Gasteiger partial charge in [0.2, 0.25) is 0 Å². The Kier molecular flexibility index (Phi) is 4.35. The van der Waals surface area contributed by atoms with E-state index in [4.69, 9.17) is 0 Å². The van der Waals surface area contributed by atoms with Gasteiger partial charge < -0.3 is 15.2 Å². The smallest absolute Gasteiger partial charge is 0.315 e. The van der Waals surface area contributed by atoms with Crippen molar-refractivity contribution in [2.24, 2.45) is 0 Å². The van der Waals surface area contributed by atoms with Gasteiger partial charge in [-0.2, -0.15) is 0 Å². The number of carbonyl (C=O) groups is 1. The minimum atomic E-state index is -0.154. The van der Waals surface area contributed by atoms with Crippen LogP contribution in [0.4, 0.5) is 4.79 Å². The van der Waals surface area contributed by atoms with Crippen LogP contribution in [0.15, 0.2) is 49.1 Å². The Labute approximate surface area is 106 Å². The highest BCUT2D eigenvalue weighted by molar-refractivity contribution is 5.73. The number of urea groups is 1. The first kappa shape index (κ1) is 12.2. The highest BCUT2D eigenvalue weighted by atomic mass is 16.2. The van der Waals surface area contributed by atoms with Crippen molar-refractivity contribution in [3.63, 3.8) is 0 Å². The Morgan fingerprint density at radius 1 is 1.22 bits per heavy atom. The van der Waals surface area contributed by atoms with E-state index in [-0.39, 0.29) is 6.03 Å². The van der Waals surface area contributed by atoms with E-state index in [1.807, 2.05) is 41.1 Å². The number of amides is 2. The Hall–Kier alpha value is -2.30. The van der Waals surface area contributed by atoms with Crippen LogP contribution in [-0.4, -0.2) is 22.1 Å². The van der Waals surface area contributed by atoms with E-state index in [0.29, 0.717) is 13.1 Å².